The summed E-state index contributed by atoms with van der Waals surface area (Å²) in [7, 11) is 0. The molecule has 0 bridgehead atoms. The van der Waals surface area contributed by atoms with E-state index < -0.39 is 11.9 Å². The molecule has 0 aliphatic heterocycles. The maximum atomic E-state index is 9.00. The van der Waals surface area contributed by atoms with Gasteiger partial charge in [-0.05, 0) is 0 Å². The van der Waals surface area contributed by atoms with E-state index in [9.17, 15) is 0 Å². The third-order valence-corrected chi connectivity index (χ3v) is 0.1000. The molecule has 6 nitrogen and oxygen atoms in total. The molecule has 0 fully saturated rings. The summed E-state index contributed by atoms with van der Waals surface area (Å²) < 4.78 is 0. The van der Waals surface area contributed by atoms with Crippen molar-refractivity contribution in [3.8, 4) is 0 Å². The molecule has 0 heterocycles. The lowest BCUT2D eigenvalue weighted by molar-refractivity contribution is -0.135. The fourth-order valence-electron chi connectivity index (χ4n) is 0. The molecule has 0 spiro atoms. The van der Waals surface area contributed by atoms with Crippen molar-refractivity contribution >= 4 is 11.9 Å². The van der Waals surface area contributed by atoms with E-state index in [1.165, 1.54) is 0 Å². The first-order valence-corrected chi connectivity index (χ1v) is 3.49. The minimum Gasteiger partial charge on any atom is -0.481 e. The van der Waals surface area contributed by atoms with Crippen LogP contribution in [0.3, 0.4) is 0 Å². The summed E-state index contributed by atoms with van der Waals surface area (Å²) in [5, 5.41) is 30.1. The average molecular weight is 210 g/mol. The highest BCUT2D eigenvalue weighted by molar-refractivity contribution is 5.63. The molecule has 6 heteroatoms. The molecule has 0 radical (unpaired) electrons. The molecule has 0 atom stereocenters. The van der Waals surface area contributed by atoms with Gasteiger partial charge in [-0.2, -0.15) is 0 Å². The molecule has 0 aromatic rings. The molecule has 0 aliphatic carbocycles. The van der Waals surface area contributed by atoms with Gasteiger partial charge in [0.1, 0.15) is 0 Å². The fraction of sp³-hybridized carbons (Fsp3) is 0.500. The molecular formula is C8H18O6. The molecule has 0 aromatic carbocycles. The molecule has 86 valence electrons. The van der Waals surface area contributed by atoms with Gasteiger partial charge in [-0.25, -0.2) is 0 Å². The van der Waals surface area contributed by atoms with Crippen molar-refractivity contribution in [2.24, 2.45) is 0 Å². The van der Waals surface area contributed by atoms with Crippen molar-refractivity contribution in [1.29, 1.82) is 0 Å². The summed E-state index contributed by atoms with van der Waals surface area (Å²) in [6, 6.07) is 0. The van der Waals surface area contributed by atoms with Crippen LogP contribution in [0.4, 0.5) is 0 Å². The predicted octanol–water partition coefficient (Wildman–Crippen LogP) is -0.0450. The first-order valence-electron chi connectivity index (χ1n) is 3.49. The van der Waals surface area contributed by atoms with Crippen LogP contribution < -0.4 is 0 Å². The van der Waals surface area contributed by atoms with Crippen molar-refractivity contribution in [2.45, 2.75) is 13.8 Å². The molecule has 0 aromatic heterocycles. The number of carbonyl (C=O) groups is 2. The second-order valence-corrected chi connectivity index (χ2v) is 1.49. The summed E-state index contributed by atoms with van der Waals surface area (Å²) in [6.45, 7) is 7.92. The van der Waals surface area contributed by atoms with Crippen LogP contribution in [-0.2, 0) is 9.59 Å². The van der Waals surface area contributed by atoms with E-state index in [4.69, 9.17) is 30.0 Å². The van der Waals surface area contributed by atoms with E-state index in [2.05, 4.69) is 13.2 Å². The first kappa shape index (κ1) is 22.9. The van der Waals surface area contributed by atoms with Crippen molar-refractivity contribution in [1.82, 2.24) is 0 Å². The van der Waals surface area contributed by atoms with Gasteiger partial charge in [-0.15, -0.1) is 13.2 Å². The molecule has 0 unspecified atom stereocenters. The van der Waals surface area contributed by atoms with Crippen LogP contribution in [0, 0.1) is 0 Å². The number of aliphatic hydroxyl groups is 2. The van der Waals surface area contributed by atoms with E-state index in [1.54, 1.807) is 0 Å². The van der Waals surface area contributed by atoms with Gasteiger partial charge < -0.3 is 20.4 Å². The maximum absolute atomic E-state index is 9.00. The summed E-state index contributed by atoms with van der Waals surface area (Å²) in [4.78, 5) is 18.0. The molecule has 0 aliphatic rings. The Labute approximate surface area is 83.1 Å². The van der Waals surface area contributed by atoms with Crippen molar-refractivity contribution < 1.29 is 30.0 Å². The Morgan fingerprint density at radius 1 is 0.929 bits per heavy atom. The molecular weight excluding hydrogens is 192 g/mol. The number of carboxylic acids is 2. The third-order valence-electron chi connectivity index (χ3n) is 0.1000. The van der Waals surface area contributed by atoms with Crippen molar-refractivity contribution in [3.05, 3.63) is 13.2 Å². The molecule has 14 heavy (non-hydrogen) atoms. The van der Waals surface area contributed by atoms with Gasteiger partial charge in [0, 0.05) is 13.8 Å². The van der Waals surface area contributed by atoms with Crippen molar-refractivity contribution in [3.63, 3.8) is 0 Å². The lowest BCUT2D eigenvalue weighted by atomic mass is 10.8. The summed E-state index contributed by atoms with van der Waals surface area (Å²) in [5.74, 6) is -1.67. The van der Waals surface area contributed by atoms with Gasteiger partial charge in [-0.3, -0.25) is 9.59 Å². The molecule has 0 amide bonds. The number of hydrogen-bond acceptors (Lipinski definition) is 4. The number of hydrogen-bond donors (Lipinski definition) is 4. The standard InChI is InChI=1S/2C2H4O2.C2H6O2.C2H4/c2*1-2(3)4;3-1-2-4;1-2/h2*1H3,(H,3,4);3-4H,1-2H2;1-2H2. The monoisotopic (exact) mass is 210 g/mol. The first-order chi connectivity index (χ1) is 6.38. The molecule has 0 saturated carbocycles. The van der Waals surface area contributed by atoms with Gasteiger partial charge in [0.15, 0.2) is 0 Å². The number of rotatable bonds is 1. The number of aliphatic hydroxyl groups excluding tert-OH is 2. The van der Waals surface area contributed by atoms with Crippen LogP contribution in [0.1, 0.15) is 13.8 Å². The molecule has 0 rings (SSSR count). The van der Waals surface area contributed by atoms with Crippen molar-refractivity contribution in [2.75, 3.05) is 13.2 Å². The zero-order chi connectivity index (χ0) is 12.6. The van der Waals surface area contributed by atoms with Crippen LogP contribution in [0.5, 0.6) is 0 Å². The van der Waals surface area contributed by atoms with Crippen LogP contribution in [-0.4, -0.2) is 45.6 Å². The van der Waals surface area contributed by atoms with E-state index in [0.29, 0.717) is 0 Å². The SMILES string of the molecule is C=C.CC(=O)O.CC(=O)O.OCCO. The van der Waals surface area contributed by atoms with Gasteiger partial charge in [0.25, 0.3) is 11.9 Å². The highest BCUT2D eigenvalue weighted by Crippen LogP contribution is 1.42. The van der Waals surface area contributed by atoms with Crippen LogP contribution in [0.15, 0.2) is 13.2 Å². The second kappa shape index (κ2) is 29.9. The smallest absolute Gasteiger partial charge is 0.300 e. The Morgan fingerprint density at radius 2 is 1.00 bits per heavy atom. The van der Waals surface area contributed by atoms with Crippen LogP contribution in [0.2, 0.25) is 0 Å². The number of aliphatic carboxylic acids is 2. The van der Waals surface area contributed by atoms with E-state index in [1.807, 2.05) is 0 Å². The summed E-state index contributed by atoms with van der Waals surface area (Å²) in [6.07, 6.45) is 0. The Kier molecular flexibility index (Phi) is 49.0. The zero-order valence-electron chi connectivity index (χ0n) is 8.43. The fourth-order valence-corrected chi connectivity index (χ4v) is 0. The third kappa shape index (κ3) is 6110. The Morgan fingerprint density at radius 3 is 1.00 bits per heavy atom. The second-order valence-electron chi connectivity index (χ2n) is 1.49. The Bertz CT molecular complexity index is 101. The van der Waals surface area contributed by atoms with Gasteiger partial charge >= 0.3 is 0 Å². The van der Waals surface area contributed by atoms with Gasteiger partial charge in [0.05, 0.1) is 13.2 Å². The predicted molar refractivity (Wildman–Crippen MR) is 52.0 cm³/mol. The lowest BCUT2D eigenvalue weighted by Crippen LogP contribution is -1.85. The topological polar surface area (TPSA) is 115 Å². The normalized spacial score (nSPS) is 6.00. The Balaban J connectivity index is -0.0000000492. The Hall–Kier alpha value is -1.40. The highest BCUT2D eigenvalue weighted by atomic mass is 16.4. The van der Waals surface area contributed by atoms with E-state index >= 15 is 0 Å². The molecule has 0 saturated heterocycles. The quantitative estimate of drug-likeness (QED) is 0.451. The maximum Gasteiger partial charge on any atom is 0.300 e. The lowest BCUT2D eigenvalue weighted by Gasteiger charge is -1.70. The summed E-state index contributed by atoms with van der Waals surface area (Å²) >= 11 is 0. The average Bonchev–Trinajstić information content (AvgIpc) is 2.05. The zero-order valence-corrected chi connectivity index (χ0v) is 8.43. The minimum absolute atomic E-state index is 0.125. The van der Waals surface area contributed by atoms with Crippen LogP contribution >= 0.6 is 0 Å². The van der Waals surface area contributed by atoms with E-state index in [0.717, 1.165) is 13.8 Å². The minimum atomic E-state index is -0.833. The van der Waals surface area contributed by atoms with Gasteiger partial charge in [-0.1, -0.05) is 0 Å². The summed E-state index contributed by atoms with van der Waals surface area (Å²) in [5.41, 5.74) is 0. The van der Waals surface area contributed by atoms with Gasteiger partial charge in [0.2, 0.25) is 0 Å². The largest absolute Gasteiger partial charge is 0.481 e. The molecule has 4 N–H and O–H groups in total. The number of carboxylic acid groups (broad SMARTS) is 2. The van der Waals surface area contributed by atoms with Crippen LogP contribution in [0.25, 0.3) is 0 Å². The van der Waals surface area contributed by atoms with E-state index in [-0.39, 0.29) is 13.2 Å². The highest BCUT2D eigenvalue weighted by Gasteiger charge is 1.65.